The average molecular weight is 317 g/mol. The molecule has 1 aromatic rings. The summed E-state index contributed by atoms with van der Waals surface area (Å²) in [7, 11) is 0. The normalized spacial score (nSPS) is 21.0. The molecule has 0 aromatic carbocycles. The Morgan fingerprint density at radius 1 is 1.53 bits per heavy atom. The molecule has 2 nitrogen and oxygen atoms in total. The van der Waals surface area contributed by atoms with E-state index >= 15 is 0 Å². The minimum absolute atomic E-state index is 0.700. The molecule has 96 valence electrons. The molecule has 1 N–H and O–H groups in total. The molecule has 0 aliphatic carbocycles. The van der Waals surface area contributed by atoms with Crippen LogP contribution in [0.25, 0.3) is 0 Å². The molecule has 2 rings (SSSR count). The average Bonchev–Trinajstić information content (AvgIpc) is 2.75. The van der Waals surface area contributed by atoms with Gasteiger partial charge in [-0.1, -0.05) is 13.3 Å². The Kier molecular flexibility index (Phi) is 5.48. The van der Waals surface area contributed by atoms with E-state index in [-0.39, 0.29) is 0 Å². The number of thiophene rings is 1. The highest BCUT2D eigenvalue weighted by Crippen LogP contribution is 2.22. The highest BCUT2D eigenvalue weighted by Gasteiger charge is 2.16. The van der Waals surface area contributed by atoms with Crippen molar-refractivity contribution in [3.8, 4) is 0 Å². The van der Waals surface area contributed by atoms with Gasteiger partial charge in [-0.05, 0) is 58.9 Å². The second-order valence-corrected chi connectivity index (χ2v) is 7.02. The van der Waals surface area contributed by atoms with Crippen LogP contribution in [-0.2, 0) is 6.54 Å². The molecule has 0 amide bonds. The molecule has 1 aliphatic heterocycles. The van der Waals surface area contributed by atoms with Crippen molar-refractivity contribution in [2.24, 2.45) is 0 Å². The van der Waals surface area contributed by atoms with E-state index in [1.54, 1.807) is 11.3 Å². The van der Waals surface area contributed by atoms with Crippen molar-refractivity contribution in [2.75, 3.05) is 19.6 Å². The van der Waals surface area contributed by atoms with E-state index in [4.69, 9.17) is 0 Å². The number of nitrogens with one attached hydrogen (secondary N) is 1. The zero-order valence-electron chi connectivity index (χ0n) is 10.4. The van der Waals surface area contributed by atoms with Crippen LogP contribution in [0.3, 0.4) is 0 Å². The highest BCUT2D eigenvalue weighted by atomic mass is 79.9. The number of halogens is 1. The van der Waals surface area contributed by atoms with Gasteiger partial charge < -0.3 is 5.32 Å². The minimum atomic E-state index is 0.700. The molecule has 17 heavy (non-hydrogen) atoms. The quantitative estimate of drug-likeness (QED) is 0.894. The Morgan fingerprint density at radius 3 is 3.00 bits per heavy atom. The van der Waals surface area contributed by atoms with Crippen molar-refractivity contribution in [1.29, 1.82) is 0 Å². The van der Waals surface area contributed by atoms with Gasteiger partial charge in [0.15, 0.2) is 0 Å². The van der Waals surface area contributed by atoms with Gasteiger partial charge in [0.2, 0.25) is 0 Å². The third-order valence-corrected chi connectivity index (χ3v) is 4.92. The fraction of sp³-hybridized carbons (Fsp3) is 0.692. The summed E-state index contributed by atoms with van der Waals surface area (Å²) in [6.07, 6.45) is 4.07. The second kappa shape index (κ2) is 6.88. The largest absolute Gasteiger partial charge is 0.313 e. The summed E-state index contributed by atoms with van der Waals surface area (Å²) in [4.78, 5) is 2.54. The summed E-state index contributed by atoms with van der Waals surface area (Å²) in [6.45, 7) is 6.85. The standard InChI is InChI=1S/C13H21BrN2S/c1-2-16(8-11-7-13(14)17-10-11)9-12-5-3-4-6-15-12/h7,10,12,15H,2-6,8-9H2,1H3. The van der Waals surface area contributed by atoms with Crippen LogP contribution in [0.4, 0.5) is 0 Å². The molecule has 1 atom stereocenters. The summed E-state index contributed by atoms with van der Waals surface area (Å²) in [6, 6.07) is 2.94. The minimum Gasteiger partial charge on any atom is -0.313 e. The molecule has 0 saturated carbocycles. The number of hydrogen-bond acceptors (Lipinski definition) is 3. The summed E-state index contributed by atoms with van der Waals surface area (Å²) in [5, 5.41) is 5.88. The lowest BCUT2D eigenvalue weighted by molar-refractivity contribution is 0.226. The molecule has 1 saturated heterocycles. The van der Waals surface area contributed by atoms with Gasteiger partial charge in [-0.2, -0.15) is 0 Å². The summed E-state index contributed by atoms with van der Waals surface area (Å²) >= 11 is 5.31. The molecule has 1 aromatic heterocycles. The summed E-state index contributed by atoms with van der Waals surface area (Å²) < 4.78 is 1.24. The Morgan fingerprint density at radius 2 is 2.41 bits per heavy atom. The number of likely N-dealkylation sites (N-methyl/N-ethyl adjacent to an activating group) is 1. The topological polar surface area (TPSA) is 15.3 Å². The van der Waals surface area contributed by atoms with Gasteiger partial charge in [0.05, 0.1) is 3.79 Å². The van der Waals surface area contributed by atoms with Crippen molar-refractivity contribution in [3.63, 3.8) is 0 Å². The van der Waals surface area contributed by atoms with E-state index in [0.717, 1.165) is 13.1 Å². The van der Waals surface area contributed by atoms with Crippen molar-refractivity contribution in [1.82, 2.24) is 10.2 Å². The molecule has 0 radical (unpaired) electrons. The van der Waals surface area contributed by atoms with E-state index in [9.17, 15) is 0 Å². The van der Waals surface area contributed by atoms with Gasteiger partial charge in [0.25, 0.3) is 0 Å². The zero-order chi connectivity index (χ0) is 12.1. The van der Waals surface area contributed by atoms with E-state index in [0.29, 0.717) is 6.04 Å². The first-order chi connectivity index (χ1) is 8.28. The monoisotopic (exact) mass is 316 g/mol. The van der Waals surface area contributed by atoms with Crippen LogP contribution in [0.5, 0.6) is 0 Å². The summed E-state index contributed by atoms with van der Waals surface area (Å²) in [5.74, 6) is 0. The Bertz CT molecular complexity index is 334. The van der Waals surface area contributed by atoms with Crippen molar-refractivity contribution >= 4 is 27.3 Å². The molecule has 2 heterocycles. The van der Waals surface area contributed by atoms with Crippen molar-refractivity contribution in [2.45, 2.75) is 38.8 Å². The van der Waals surface area contributed by atoms with Crippen LogP contribution in [0.15, 0.2) is 15.2 Å². The van der Waals surface area contributed by atoms with Gasteiger partial charge in [-0.25, -0.2) is 0 Å². The van der Waals surface area contributed by atoms with Gasteiger partial charge in [0, 0.05) is 19.1 Å². The van der Waals surface area contributed by atoms with E-state index in [2.05, 4.69) is 44.5 Å². The third-order valence-electron chi connectivity index (χ3n) is 3.37. The SMILES string of the molecule is CCN(Cc1csc(Br)c1)CC1CCCCN1. The maximum atomic E-state index is 3.63. The fourth-order valence-electron chi connectivity index (χ4n) is 2.38. The molecular weight excluding hydrogens is 296 g/mol. The lowest BCUT2D eigenvalue weighted by Gasteiger charge is -2.29. The van der Waals surface area contributed by atoms with Crippen molar-refractivity contribution < 1.29 is 0 Å². The van der Waals surface area contributed by atoms with Crippen LogP contribution in [0.1, 0.15) is 31.7 Å². The predicted molar refractivity (Wildman–Crippen MR) is 78.6 cm³/mol. The van der Waals surface area contributed by atoms with Gasteiger partial charge in [0.1, 0.15) is 0 Å². The maximum absolute atomic E-state index is 3.63. The molecule has 1 unspecified atom stereocenters. The Balaban J connectivity index is 1.83. The Hall–Kier alpha value is 0.1000. The first-order valence-corrected chi connectivity index (χ1v) is 8.14. The molecule has 0 bridgehead atoms. The summed E-state index contributed by atoms with van der Waals surface area (Å²) in [5.41, 5.74) is 1.43. The zero-order valence-corrected chi connectivity index (χ0v) is 12.8. The number of rotatable bonds is 5. The van der Waals surface area contributed by atoms with Crippen LogP contribution in [-0.4, -0.2) is 30.6 Å². The second-order valence-electron chi connectivity index (χ2n) is 4.73. The van der Waals surface area contributed by atoms with Gasteiger partial charge in [-0.15, -0.1) is 11.3 Å². The van der Waals surface area contributed by atoms with Crippen molar-refractivity contribution in [3.05, 3.63) is 20.8 Å². The first-order valence-electron chi connectivity index (χ1n) is 6.46. The van der Waals surface area contributed by atoms with Crippen LogP contribution in [0.2, 0.25) is 0 Å². The maximum Gasteiger partial charge on any atom is 0.0701 e. The number of hydrogen-bond donors (Lipinski definition) is 1. The van der Waals surface area contributed by atoms with Crippen LogP contribution >= 0.6 is 27.3 Å². The lowest BCUT2D eigenvalue weighted by Crippen LogP contribution is -2.43. The molecule has 1 aliphatic rings. The molecular formula is C13H21BrN2S. The first kappa shape index (κ1) is 13.5. The predicted octanol–water partition coefficient (Wildman–Crippen LogP) is 3.47. The van der Waals surface area contributed by atoms with E-state index in [1.807, 2.05) is 0 Å². The lowest BCUT2D eigenvalue weighted by atomic mass is 10.0. The van der Waals surface area contributed by atoms with Gasteiger partial charge in [-0.3, -0.25) is 4.90 Å². The fourth-order valence-corrected chi connectivity index (χ4v) is 3.58. The molecule has 4 heteroatoms. The number of piperidine rings is 1. The van der Waals surface area contributed by atoms with E-state index < -0.39 is 0 Å². The smallest absolute Gasteiger partial charge is 0.0701 e. The van der Waals surface area contributed by atoms with Gasteiger partial charge >= 0.3 is 0 Å². The third kappa shape index (κ3) is 4.36. The highest BCUT2D eigenvalue weighted by molar-refractivity contribution is 9.11. The molecule has 0 spiro atoms. The molecule has 1 fully saturated rings. The number of nitrogens with zero attached hydrogens (tertiary/aromatic N) is 1. The van der Waals surface area contributed by atoms with E-state index in [1.165, 1.54) is 41.7 Å². The Labute approximate surface area is 117 Å². The van der Waals surface area contributed by atoms with Crippen LogP contribution < -0.4 is 5.32 Å². The van der Waals surface area contributed by atoms with Crippen LogP contribution in [0, 0.1) is 0 Å².